The summed E-state index contributed by atoms with van der Waals surface area (Å²) >= 11 is 0. The number of carbonyl (C=O) groups excluding carboxylic acids is 1. The Labute approximate surface area is 180 Å². The molecule has 4 aromatic rings. The van der Waals surface area contributed by atoms with Crippen molar-refractivity contribution in [2.24, 2.45) is 0 Å². The normalized spacial score (nSPS) is 13.2. The van der Waals surface area contributed by atoms with Crippen LogP contribution in [0.15, 0.2) is 73.1 Å². The third-order valence-corrected chi connectivity index (χ3v) is 5.34. The van der Waals surface area contributed by atoms with Gasteiger partial charge >= 0.3 is 0 Å². The van der Waals surface area contributed by atoms with E-state index < -0.39 is 0 Å². The summed E-state index contributed by atoms with van der Waals surface area (Å²) in [4.78, 5) is 25.8. The van der Waals surface area contributed by atoms with Crippen LogP contribution >= 0.6 is 0 Å². The van der Waals surface area contributed by atoms with Crippen LogP contribution in [0.3, 0.4) is 0 Å². The Hall–Kier alpha value is -3.80. The van der Waals surface area contributed by atoms with Crippen LogP contribution in [0.4, 0.5) is 5.95 Å². The minimum absolute atomic E-state index is 0.00473. The van der Waals surface area contributed by atoms with Crippen molar-refractivity contribution in [2.45, 2.75) is 25.3 Å². The molecule has 6 nitrogen and oxygen atoms in total. The lowest BCUT2D eigenvalue weighted by atomic mass is 10.0. The second-order valence-electron chi connectivity index (χ2n) is 7.79. The Balaban J connectivity index is 1.30. The molecule has 2 aromatic carbocycles. The SMILES string of the molecule is O=C(NC1CC1)c1cccc(-c2ccc3nc(NCCc4ccccn4)ncc3c2)c1. The Bertz CT molecular complexity index is 1220. The van der Waals surface area contributed by atoms with E-state index in [0.29, 0.717) is 17.6 Å². The average molecular weight is 409 g/mol. The summed E-state index contributed by atoms with van der Waals surface area (Å²) in [5, 5.41) is 7.27. The molecule has 0 bridgehead atoms. The Morgan fingerprint density at radius 1 is 0.968 bits per heavy atom. The monoisotopic (exact) mass is 409 g/mol. The van der Waals surface area contributed by atoms with Gasteiger partial charge in [0.2, 0.25) is 5.95 Å². The summed E-state index contributed by atoms with van der Waals surface area (Å²) in [7, 11) is 0. The maximum Gasteiger partial charge on any atom is 0.251 e. The molecule has 0 spiro atoms. The van der Waals surface area contributed by atoms with E-state index >= 15 is 0 Å². The number of hydrogen-bond acceptors (Lipinski definition) is 5. The zero-order valence-corrected chi connectivity index (χ0v) is 17.1. The maximum atomic E-state index is 12.4. The highest BCUT2D eigenvalue weighted by Crippen LogP contribution is 2.25. The number of nitrogens with one attached hydrogen (secondary N) is 2. The zero-order valence-electron chi connectivity index (χ0n) is 17.1. The van der Waals surface area contributed by atoms with Gasteiger partial charge < -0.3 is 10.6 Å². The summed E-state index contributed by atoms with van der Waals surface area (Å²) in [6.07, 6.45) is 6.60. The highest BCUT2D eigenvalue weighted by molar-refractivity contribution is 5.96. The van der Waals surface area contributed by atoms with Gasteiger partial charge in [-0.2, -0.15) is 0 Å². The summed E-state index contributed by atoms with van der Waals surface area (Å²) in [5.41, 5.74) is 4.64. The predicted molar refractivity (Wildman–Crippen MR) is 122 cm³/mol. The largest absolute Gasteiger partial charge is 0.354 e. The van der Waals surface area contributed by atoms with Crippen LogP contribution in [-0.4, -0.2) is 33.4 Å². The molecule has 1 saturated carbocycles. The fourth-order valence-electron chi connectivity index (χ4n) is 3.48. The highest BCUT2D eigenvalue weighted by Gasteiger charge is 2.23. The number of anilines is 1. The van der Waals surface area contributed by atoms with E-state index in [4.69, 9.17) is 0 Å². The molecule has 2 aromatic heterocycles. The molecule has 1 amide bonds. The minimum Gasteiger partial charge on any atom is -0.354 e. The standard InChI is InChI=1S/C25H23N5O/c31-24(29-22-8-9-22)19-5-3-4-17(14-19)18-7-10-23-20(15-18)16-28-25(30-23)27-13-11-21-6-1-2-12-26-21/h1-7,10,12,14-16,22H,8-9,11,13H2,(H,29,31)(H,27,28,30). The molecule has 0 saturated heterocycles. The molecule has 6 heteroatoms. The predicted octanol–water partition coefficient (Wildman–Crippen LogP) is 4.24. The second-order valence-corrected chi connectivity index (χ2v) is 7.79. The van der Waals surface area contributed by atoms with Crippen molar-refractivity contribution in [1.29, 1.82) is 0 Å². The van der Waals surface area contributed by atoms with Crippen molar-refractivity contribution >= 4 is 22.8 Å². The van der Waals surface area contributed by atoms with Gasteiger partial charge in [0.1, 0.15) is 0 Å². The first-order valence-corrected chi connectivity index (χ1v) is 10.6. The van der Waals surface area contributed by atoms with Gasteiger partial charge in [0.25, 0.3) is 5.91 Å². The van der Waals surface area contributed by atoms with Crippen LogP contribution in [0.5, 0.6) is 0 Å². The van der Waals surface area contributed by atoms with Crippen molar-refractivity contribution < 1.29 is 4.79 Å². The van der Waals surface area contributed by atoms with E-state index in [9.17, 15) is 4.79 Å². The molecule has 0 atom stereocenters. The average Bonchev–Trinajstić information content (AvgIpc) is 3.63. The fourth-order valence-corrected chi connectivity index (χ4v) is 3.48. The molecule has 0 unspecified atom stereocenters. The molecule has 1 aliphatic carbocycles. The van der Waals surface area contributed by atoms with Crippen LogP contribution in [0, 0.1) is 0 Å². The van der Waals surface area contributed by atoms with Crippen LogP contribution in [0.25, 0.3) is 22.0 Å². The molecule has 2 N–H and O–H groups in total. The molecule has 1 fully saturated rings. The quantitative estimate of drug-likeness (QED) is 0.477. The number of pyridine rings is 1. The van der Waals surface area contributed by atoms with Crippen LogP contribution < -0.4 is 10.6 Å². The number of carbonyl (C=O) groups is 1. The van der Waals surface area contributed by atoms with Crippen LogP contribution in [-0.2, 0) is 6.42 Å². The first kappa shape index (κ1) is 19.2. The third kappa shape index (κ3) is 4.69. The lowest BCUT2D eigenvalue weighted by molar-refractivity contribution is 0.0951. The number of benzene rings is 2. The second kappa shape index (κ2) is 8.52. The molecule has 0 radical (unpaired) electrons. The molecule has 0 aliphatic heterocycles. The third-order valence-electron chi connectivity index (χ3n) is 5.34. The maximum absolute atomic E-state index is 12.4. The molecule has 154 valence electrons. The van der Waals surface area contributed by atoms with Crippen molar-refractivity contribution in [3.63, 3.8) is 0 Å². The van der Waals surface area contributed by atoms with Gasteiger partial charge in [-0.3, -0.25) is 9.78 Å². The van der Waals surface area contributed by atoms with Gasteiger partial charge in [-0.25, -0.2) is 9.97 Å². The number of amides is 1. The topological polar surface area (TPSA) is 79.8 Å². The molecular formula is C25H23N5O. The number of aromatic nitrogens is 3. The van der Waals surface area contributed by atoms with Crippen molar-refractivity contribution in [1.82, 2.24) is 20.3 Å². The highest BCUT2D eigenvalue weighted by atomic mass is 16.1. The van der Waals surface area contributed by atoms with E-state index in [2.05, 4.69) is 31.7 Å². The van der Waals surface area contributed by atoms with E-state index in [-0.39, 0.29) is 5.91 Å². The Morgan fingerprint density at radius 3 is 2.71 bits per heavy atom. The van der Waals surface area contributed by atoms with Gasteiger partial charge in [0.15, 0.2) is 0 Å². The van der Waals surface area contributed by atoms with Crippen LogP contribution in [0.1, 0.15) is 28.9 Å². The first-order valence-electron chi connectivity index (χ1n) is 10.6. The fraction of sp³-hybridized carbons (Fsp3) is 0.200. The number of nitrogens with zero attached hydrogens (tertiary/aromatic N) is 3. The smallest absolute Gasteiger partial charge is 0.251 e. The van der Waals surface area contributed by atoms with Gasteiger partial charge in [0.05, 0.1) is 5.52 Å². The molecule has 2 heterocycles. The molecule has 5 rings (SSSR count). The van der Waals surface area contributed by atoms with Gasteiger partial charge in [0, 0.05) is 48.0 Å². The van der Waals surface area contributed by atoms with E-state index in [1.54, 1.807) is 6.20 Å². The minimum atomic E-state index is -0.00473. The summed E-state index contributed by atoms with van der Waals surface area (Å²) in [6, 6.07) is 20.1. The van der Waals surface area contributed by atoms with Gasteiger partial charge in [-0.05, 0) is 60.4 Å². The molecule has 31 heavy (non-hydrogen) atoms. The summed E-state index contributed by atoms with van der Waals surface area (Å²) in [6.45, 7) is 0.719. The van der Waals surface area contributed by atoms with Gasteiger partial charge in [-0.1, -0.05) is 24.3 Å². The molecular weight excluding hydrogens is 386 g/mol. The van der Waals surface area contributed by atoms with Crippen molar-refractivity contribution in [3.05, 3.63) is 84.3 Å². The van der Waals surface area contributed by atoms with E-state index in [1.165, 1.54) is 0 Å². The summed E-state index contributed by atoms with van der Waals surface area (Å²) < 4.78 is 0. The Morgan fingerprint density at radius 2 is 1.87 bits per heavy atom. The van der Waals surface area contributed by atoms with Crippen LogP contribution in [0.2, 0.25) is 0 Å². The van der Waals surface area contributed by atoms with Gasteiger partial charge in [-0.15, -0.1) is 0 Å². The number of hydrogen-bond donors (Lipinski definition) is 2. The van der Waals surface area contributed by atoms with E-state index in [1.807, 2.05) is 60.8 Å². The van der Waals surface area contributed by atoms with Crippen molar-refractivity contribution in [3.8, 4) is 11.1 Å². The van der Waals surface area contributed by atoms with Crippen molar-refractivity contribution in [2.75, 3.05) is 11.9 Å². The molecule has 1 aliphatic rings. The lowest BCUT2D eigenvalue weighted by Gasteiger charge is -2.09. The number of fused-ring (bicyclic) bond motifs is 1. The Kier molecular flexibility index (Phi) is 5.27. The first-order chi connectivity index (χ1) is 15.2. The van der Waals surface area contributed by atoms with E-state index in [0.717, 1.165) is 53.5 Å². The zero-order chi connectivity index (χ0) is 21.0. The summed E-state index contributed by atoms with van der Waals surface area (Å²) in [5.74, 6) is 0.602. The lowest BCUT2D eigenvalue weighted by Crippen LogP contribution is -2.25. The number of rotatable bonds is 7.